The summed E-state index contributed by atoms with van der Waals surface area (Å²) in [6.07, 6.45) is 1.15. The van der Waals surface area contributed by atoms with E-state index in [4.69, 9.17) is 16.7 Å². The van der Waals surface area contributed by atoms with Gasteiger partial charge in [0.1, 0.15) is 4.90 Å². The Balaban J connectivity index is 2.07. The molecule has 1 heterocycles. The van der Waals surface area contributed by atoms with Crippen LogP contribution >= 0.6 is 11.6 Å². The van der Waals surface area contributed by atoms with Crippen molar-refractivity contribution in [2.45, 2.75) is 43.5 Å². The van der Waals surface area contributed by atoms with E-state index in [9.17, 15) is 13.2 Å². The van der Waals surface area contributed by atoms with Gasteiger partial charge in [0.2, 0.25) is 10.0 Å². The standard InChI is InChI=1S/C16H23ClN2O4S/c1-11(2)12-3-4-14(17)15(9-12)24(22,23)18-13-5-7-19(8-6-13)10-16(20)21/h3-4,9,11,13,18H,5-8,10H2,1-2H3,(H,20,21). The van der Waals surface area contributed by atoms with Crippen LogP contribution in [0, 0.1) is 0 Å². The van der Waals surface area contributed by atoms with Gasteiger partial charge in [0, 0.05) is 19.1 Å². The third kappa shape index (κ3) is 4.92. The highest BCUT2D eigenvalue weighted by molar-refractivity contribution is 7.89. The molecule has 0 bridgehead atoms. The maximum Gasteiger partial charge on any atom is 0.317 e. The SMILES string of the molecule is CC(C)c1ccc(Cl)c(S(=O)(=O)NC2CCN(CC(=O)O)CC2)c1. The van der Waals surface area contributed by atoms with Crippen molar-refractivity contribution < 1.29 is 18.3 Å². The van der Waals surface area contributed by atoms with Crippen molar-refractivity contribution in [3.63, 3.8) is 0 Å². The van der Waals surface area contributed by atoms with Crippen molar-refractivity contribution in [2.75, 3.05) is 19.6 Å². The number of carboxylic acids is 1. The largest absolute Gasteiger partial charge is 0.480 e. The van der Waals surface area contributed by atoms with E-state index in [0.717, 1.165) is 5.56 Å². The number of benzene rings is 1. The maximum atomic E-state index is 12.7. The van der Waals surface area contributed by atoms with Gasteiger partial charge in [-0.05, 0) is 36.5 Å². The zero-order valence-electron chi connectivity index (χ0n) is 13.8. The number of nitrogens with one attached hydrogen (secondary N) is 1. The van der Waals surface area contributed by atoms with Gasteiger partial charge in [0.05, 0.1) is 11.6 Å². The first-order chi connectivity index (χ1) is 11.2. The second-order valence-electron chi connectivity index (χ2n) is 6.41. The van der Waals surface area contributed by atoms with E-state index in [1.54, 1.807) is 17.0 Å². The zero-order valence-corrected chi connectivity index (χ0v) is 15.4. The Bertz CT molecular complexity index is 698. The number of halogens is 1. The normalized spacial score (nSPS) is 17.3. The first kappa shape index (κ1) is 19.2. The Kier molecular flexibility index (Phi) is 6.25. The summed E-state index contributed by atoms with van der Waals surface area (Å²) in [5.74, 6) is -0.665. The van der Waals surface area contributed by atoms with Crippen LogP contribution in [0.15, 0.2) is 23.1 Å². The Morgan fingerprint density at radius 1 is 1.38 bits per heavy atom. The number of carboxylic acid groups (broad SMARTS) is 1. The fourth-order valence-corrected chi connectivity index (χ4v) is 4.61. The van der Waals surface area contributed by atoms with Crippen molar-refractivity contribution in [1.82, 2.24) is 9.62 Å². The number of hydrogen-bond acceptors (Lipinski definition) is 4. The molecule has 8 heteroatoms. The molecule has 1 aromatic carbocycles. The molecular formula is C16H23ClN2O4S. The summed E-state index contributed by atoms with van der Waals surface area (Å²) in [5, 5.41) is 9.00. The second-order valence-corrected chi connectivity index (χ2v) is 8.50. The van der Waals surface area contributed by atoms with E-state index in [2.05, 4.69) is 4.72 Å². The topological polar surface area (TPSA) is 86.7 Å². The van der Waals surface area contributed by atoms with E-state index >= 15 is 0 Å². The quantitative estimate of drug-likeness (QED) is 0.797. The summed E-state index contributed by atoms with van der Waals surface area (Å²) >= 11 is 6.09. The molecule has 1 fully saturated rings. The molecule has 1 aliphatic rings. The molecule has 1 saturated heterocycles. The summed E-state index contributed by atoms with van der Waals surface area (Å²) in [6, 6.07) is 4.85. The van der Waals surface area contributed by atoms with Crippen LogP contribution < -0.4 is 4.72 Å². The molecule has 0 aliphatic carbocycles. The van der Waals surface area contributed by atoms with Crippen LogP contribution in [-0.4, -0.2) is 50.1 Å². The Labute approximate surface area is 147 Å². The van der Waals surface area contributed by atoms with Gasteiger partial charge in [-0.3, -0.25) is 9.69 Å². The van der Waals surface area contributed by atoms with Crippen molar-refractivity contribution in [2.24, 2.45) is 0 Å². The van der Waals surface area contributed by atoms with E-state index in [1.165, 1.54) is 0 Å². The van der Waals surface area contributed by atoms with Crippen molar-refractivity contribution >= 4 is 27.6 Å². The van der Waals surface area contributed by atoms with Crippen LogP contribution in [0.3, 0.4) is 0 Å². The summed E-state index contributed by atoms with van der Waals surface area (Å²) in [5.41, 5.74) is 0.913. The number of sulfonamides is 1. The second kappa shape index (κ2) is 7.82. The van der Waals surface area contributed by atoms with Gasteiger partial charge < -0.3 is 5.11 Å². The van der Waals surface area contributed by atoms with Crippen LogP contribution in [0.1, 0.15) is 38.2 Å². The van der Waals surface area contributed by atoms with Gasteiger partial charge in [-0.15, -0.1) is 0 Å². The number of likely N-dealkylation sites (tertiary alicyclic amines) is 1. The Hall–Kier alpha value is -1.15. The van der Waals surface area contributed by atoms with E-state index in [1.807, 2.05) is 19.9 Å². The van der Waals surface area contributed by atoms with E-state index in [0.29, 0.717) is 25.9 Å². The zero-order chi connectivity index (χ0) is 17.9. The lowest BCUT2D eigenvalue weighted by Crippen LogP contribution is -2.45. The molecular weight excluding hydrogens is 352 g/mol. The highest BCUT2D eigenvalue weighted by Crippen LogP contribution is 2.27. The Morgan fingerprint density at radius 3 is 2.54 bits per heavy atom. The minimum atomic E-state index is -3.70. The highest BCUT2D eigenvalue weighted by atomic mass is 35.5. The summed E-state index contributed by atoms with van der Waals surface area (Å²) in [6.45, 7) is 5.08. The van der Waals surface area contributed by atoms with Gasteiger partial charge >= 0.3 is 5.97 Å². The van der Waals surface area contributed by atoms with Crippen molar-refractivity contribution in [3.05, 3.63) is 28.8 Å². The first-order valence-electron chi connectivity index (χ1n) is 7.95. The molecule has 0 unspecified atom stereocenters. The fraction of sp³-hybridized carbons (Fsp3) is 0.562. The molecule has 0 radical (unpaired) electrons. The average molecular weight is 375 g/mol. The van der Waals surface area contributed by atoms with Crippen molar-refractivity contribution in [3.8, 4) is 0 Å². The van der Waals surface area contributed by atoms with Gasteiger partial charge in [0.15, 0.2) is 0 Å². The predicted octanol–water partition coefficient (Wildman–Crippen LogP) is 2.29. The van der Waals surface area contributed by atoms with Crippen LogP contribution in [0.5, 0.6) is 0 Å². The lowest BCUT2D eigenvalue weighted by Gasteiger charge is -2.31. The molecule has 0 spiro atoms. The van der Waals surface area contributed by atoms with Gasteiger partial charge in [-0.2, -0.15) is 0 Å². The van der Waals surface area contributed by atoms with Gasteiger partial charge in [-0.25, -0.2) is 13.1 Å². The summed E-state index contributed by atoms with van der Waals surface area (Å²) < 4.78 is 28.0. The number of rotatable bonds is 6. The summed E-state index contributed by atoms with van der Waals surface area (Å²) in [4.78, 5) is 12.6. The number of hydrogen-bond donors (Lipinski definition) is 2. The number of nitrogens with zero attached hydrogens (tertiary/aromatic N) is 1. The highest BCUT2D eigenvalue weighted by Gasteiger charge is 2.27. The molecule has 1 aromatic rings. The number of carbonyl (C=O) groups is 1. The van der Waals surface area contributed by atoms with Crippen LogP contribution in [0.2, 0.25) is 5.02 Å². The summed E-state index contributed by atoms with van der Waals surface area (Å²) in [7, 11) is -3.70. The van der Waals surface area contributed by atoms with E-state index < -0.39 is 16.0 Å². The molecule has 0 atom stereocenters. The van der Waals surface area contributed by atoms with Crippen molar-refractivity contribution in [1.29, 1.82) is 0 Å². The number of piperidine rings is 1. The average Bonchev–Trinajstić information content (AvgIpc) is 2.48. The lowest BCUT2D eigenvalue weighted by molar-refractivity contribution is -0.138. The molecule has 0 aromatic heterocycles. The molecule has 0 saturated carbocycles. The van der Waals surface area contributed by atoms with Crippen LogP contribution in [-0.2, 0) is 14.8 Å². The molecule has 6 nitrogen and oxygen atoms in total. The molecule has 2 rings (SSSR count). The monoisotopic (exact) mass is 374 g/mol. The fourth-order valence-electron chi connectivity index (χ4n) is 2.77. The first-order valence-corrected chi connectivity index (χ1v) is 9.81. The molecule has 2 N–H and O–H groups in total. The molecule has 24 heavy (non-hydrogen) atoms. The van der Waals surface area contributed by atoms with Gasteiger partial charge in [-0.1, -0.05) is 31.5 Å². The Morgan fingerprint density at radius 2 is 2.00 bits per heavy atom. The third-order valence-corrected chi connectivity index (χ3v) is 6.18. The minimum absolute atomic E-state index is 0.0122. The minimum Gasteiger partial charge on any atom is -0.480 e. The molecule has 1 aliphatic heterocycles. The smallest absolute Gasteiger partial charge is 0.317 e. The molecule has 134 valence electrons. The predicted molar refractivity (Wildman–Crippen MR) is 93.0 cm³/mol. The maximum absolute atomic E-state index is 12.7. The van der Waals surface area contributed by atoms with Crippen LogP contribution in [0.4, 0.5) is 0 Å². The lowest BCUT2D eigenvalue weighted by atomic mass is 10.0. The third-order valence-electron chi connectivity index (χ3n) is 4.18. The number of aliphatic carboxylic acids is 1. The molecule has 0 amide bonds. The van der Waals surface area contributed by atoms with Crippen LogP contribution in [0.25, 0.3) is 0 Å². The van der Waals surface area contributed by atoms with Gasteiger partial charge in [0.25, 0.3) is 0 Å². The van der Waals surface area contributed by atoms with E-state index in [-0.39, 0.29) is 28.4 Å².